The maximum absolute atomic E-state index is 12.7. The zero-order valence-corrected chi connectivity index (χ0v) is 20.5. The molecule has 5 heterocycles. The van der Waals surface area contributed by atoms with Crippen molar-refractivity contribution >= 4 is 33.3 Å². The molecule has 0 aliphatic carbocycles. The second-order valence-electron chi connectivity index (χ2n) is 9.16. The van der Waals surface area contributed by atoms with Gasteiger partial charge in [-0.2, -0.15) is 0 Å². The number of amides is 1. The molecule has 6 rings (SSSR count). The van der Waals surface area contributed by atoms with Crippen LogP contribution in [0, 0.1) is 0 Å². The fourth-order valence-corrected chi connectivity index (χ4v) is 5.92. The van der Waals surface area contributed by atoms with E-state index in [0.717, 1.165) is 73.7 Å². The van der Waals surface area contributed by atoms with Gasteiger partial charge in [-0.15, -0.1) is 11.3 Å². The highest BCUT2D eigenvalue weighted by Gasteiger charge is 2.26. The number of carbonyl (C=O) groups excluding carboxylic acids is 1. The molecule has 0 bridgehead atoms. The number of pyridine rings is 1. The third kappa shape index (κ3) is 4.51. The number of anilines is 1. The van der Waals surface area contributed by atoms with Crippen molar-refractivity contribution in [3.8, 4) is 22.5 Å². The summed E-state index contributed by atoms with van der Waals surface area (Å²) in [6.07, 6.45) is 5.85. The number of nitrogens with zero attached hydrogens (tertiary/aromatic N) is 6. The highest BCUT2D eigenvalue weighted by molar-refractivity contribution is 7.17. The highest BCUT2D eigenvalue weighted by atomic mass is 32.1. The van der Waals surface area contributed by atoms with Crippen molar-refractivity contribution in [2.24, 2.45) is 0 Å². The summed E-state index contributed by atoms with van der Waals surface area (Å²) in [7, 11) is 0. The normalized spacial score (nSPS) is 16.8. The van der Waals surface area contributed by atoms with E-state index >= 15 is 0 Å². The van der Waals surface area contributed by atoms with E-state index in [-0.39, 0.29) is 5.91 Å². The van der Waals surface area contributed by atoms with Crippen LogP contribution in [-0.2, 0) is 4.79 Å². The zero-order chi connectivity index (χ0) is 23.6. The van der Waals surface area contributed by atoms with Gasteiger partial charge in [-0.05, 0) is 30.5 Å². The number of thiophene rings is 1. The highest BCUT2D eigenvalue weighted by Crippen LogP contribution is 2.39. The summed E-state index contributed by atoms with van der Waals surface area (Å²) in [5, 5.41) is 3.30. The maximum atomic E-state index is 12.7. The molecule has 8 heteroatoms. The minimum Gasteiger partial charge on any atom is -0.353 e. The molecule has 178 valence electrons. The minimum atomic E-state index is 0.267. The Hall–Kier alpha value is -3.36. The van der Waals surface area contributed by atoms with Crippen molar-refractivity contribution in [1.82, 2.24) is 24.8 Å². The minimum absolute atomic E-state index is 0.267. The van der Waals surface area contributed by atoms with Crippen molar-refractivity contribution in [2.45, 2.75) is 12.8 Å². The van der Waals surface area contributed by atoms with Crippen molar-refractivity contribution in [3.63, 3.8) is 0 Å². The molecule has 0 radical (unpaired) electrons. The number of likely N-dealkylation sites (tertiary alicyclic amines) is 1. The number of rotatable bonds is 5. The summed E-state index contributed by atoms with van der Waals surface area (Å²) >= 11 is 1.66. The predicted octanol–water partition coefficient (Wildman–Crippen LogP) is 4.16. The predicted molar refractivity (Wildman–Crippen MR) is 141 cm³/mol. The second-order valence-corrected chi connectivity index (χ2v) is 10.0. The van der Waals surface area contributed by atoms with Crippen LogP contribution in [0.15, 0.2) is 60.2 Å². The van der Waals surface area contributed by atoms with Crippen LogP contribution in [-0.4, -0.2) is 76.5 Å². The Morgan fingerprint density at radius 3 is 2.40 bits per heavy atom. The largest absolute Gasteiger partial charge is 0.353 e. The van der Waals surface area contributed by atoms with E-state index in [0.29, 0.717) is 12.4 Å². The van der Waals surface area contributed by atoms with Gasteiger partial charge in [-0.25, -0.2) is 9.97 Å². The molecule has 2 aliphatic rings. The molecule has 3 aromatic heterocycles. The Kier molecular flexibility index (Phi) is 6.14. The molecular formula is C27H28N6OS. The fourth-order valence-electron chi connectivity index (χ4n) is 4.98. The SMILES string of the molecule is O=C(CN1CCN(c2nc(-c3cccnc3)nc3scc(-c4ccccc4)c23)CC1)N1CCCC1. The first-order valence-corrected chi connectivity index (χ1v) is 13.1. The molecule has 0 saturated carbocycles. The van der Waals surface area contributed by atoms with Crippen LogP contribution in [0.1, 0.15) is 12.8 Å². The average Bonchev–Trinajstić information content (AvgIpc) is 3.60. The van der Waals surface area contributed by atoms with Gasteiger partial charge in [-0.1, -0.05) is 30.3 Å². The summed E-state index contributed by atoms with van der Waals surface area (Å²) in [5.41, 5.74) is 3.26. The fraction of sp³-hybridized carbons (Fsp3) is 0.333. The molecule has 2 saturated heterocycles. The monoisotopic (exact) mass is 484 g/mol. The van der Waals surface area contributed by atoms with Gasteiger partial charge in [0.25, 0.3) is 0 Å². The first kappa shape index (κ1) is 22.1. The molecule has 4 aromatic rings. The van der Waals surface area contributed by atoms with Crippen LogP contribution in [0.25, 0.3) is 32.7 Å². The lowest BCUT2D eigenvalue weighted by molar-refractivity contribution is -0.131. The van der Waals surface area contributed by atoms with E-state index in [1.165, 1.54) is 11.1 Å². The van der Waals surface area contributed by atoms with Crippen LogP contribution >= 0.6 is 11.3 Å². The Labute approximate surface area is 209 Å². The van der Waals surface area contributed by atoms with Gasteiger partial charge in [0.05, 0.1) is 11.9 Å². The van der Waals surface area contributed by atoms with E-state index in [1.54, 1.807) is 17.5 Å². The van der Waals surface area contributed by atoms with Crippen molar-refractivity contribution in [2.75, 3.05) is 50.7 Å². The van der Waals surface area contributed by atoms with Gasteiger partial charge in [0.2, 0.25) is 5.91 Å². The molecule has 2 aliphatic heterocycles. The van der Waals surface area contributed by atoms with E-state index in [1.807, 2.05) is 29.3 Å². The van der Waals surface area contributed by atoms with Gasteiger partial charge in [0.15, 0.2) is 5.82 Å². The Morgan fingerprint density at radius 1 is 0.886 bits per heavy atom. The second kappa shape index (κ2) is 9.71. The molecule has 1 amide bonds. The summed E-state index contributed by atoms with van der Waals surface area (Å²) in [5.74, 6) is 1.94. The number of aromatic nitrogens is 3. The first-order chi connectivity index (χ1) is 17.3. The number of hydrogen-bond donors (Lipinski definition) is 0. The van der Waals surface area contributed by atoms with Crippen LogP contribution in [0.4, 0.5) is 5.82 Å². The maximum Gasteiger partial charge on any atom is 0.236 e. The van der Waals surface area contributed by atoms with E-state index in [2.05, 4.69) is 44.4 Å². The molecule has 1 aromatic carbocycles. The topological polar surface area (TPSA) is 65.5 Å². The lowest BCUT2D eigenvalue weighted by Gasteiger charge is -2.36. The van der Waals surface area contributed by atoms with Crippen molar-refractivity contribution in [3.05, 3.63) is 60.2 Å². The van der Waals surface area contributed by atoms with Gasteiger partial charge in [0, 0.05) is 68.2 Å². The summed E-state index contributed by atoms with van der Waals surface area (Å²) in [4.78, 5) is 34.6. The summed E-state index contributed by atoms with van der Waals surface area (Å²) < 4.78 is 0. The lowest BCUT2D eigenvalue weighted by Crippen LogP contribution is -2.50. The first-order valence-electron chi connectivity index (χ1n) is 12.3. The smallest absolute Gasteiger partial charge is 0.236 e. The third-order valence-corrected chi connectivity index (χ3v) is 7.78. The number of benzene rings is 1. The lowest BCUT2D eigenvalue weighted by atomic mass is 10.1. The Bertz CT molecular complexity index is 1310. The van der Waals surface area contributed by atoms with Gasteiger partial charge < -0.3 is 9.80 Å². The van der Waals surface area contributed by atoms with Gasteiger partial charge >= 0.3 is 0 Å². The summed E-state index contributed by atoms with van der Waals surface area (Å²) in [6.45, 7) is 5.69. The Balaban J connectivity index is 1.32. The summed E-state index contributed by atoms with van der Waals surface area (Å²) in [6, 6.07) is 14.4. The van der Waals surface area contributed by atoms with Crippen molar-refractivity contribution < 1.29 is 4.79 Å². The number of carbonyl (C=O) groups is 1. The van der Waals surface area contributed by atoms with Gasteiger partial charge in [-0.3, -0.25) is 14.7 Å². The number of piperazine rings is 1. The molecule has 0 N–H and O–H groups in total. The molecule has 0 unspecified atom stereocenters. The van der Waals surface area contributed by atoms with Crippen LogP contribution < -0.4 is 4.90 Å². The van der Waals surface area contributed by atoms with E-state index < -0.39 is 0 Å². The van der Waals surface area contributed by atoms with Crippen LogP contribution in [0.5, 0.6) is 0 Å². The molecule has 0 atom stereocenters. The van der Waals surface area contributed by atoms with E-state index in [9.17, 15) is 4.79 Å². The van der Waals surface area contributed by atoms with Crippen LogP contribution in [0.2, 0.25) is 0 Å². The van der Waals surface area contributed by atoms with E-state index in [4.69, 9.17) is 9.97 Å². The zero-order valence-electron chi connectivity index (χ0n) is 19.6. The third-order valence-electron chi connectivity index (χ3n) is 6.91. The van der Waals surface area contributed by atoms with Crippen LogP contribution in [0.3, 0.4) is 0 Å². The molecule has 0 spiro atoms. The molecular weight excluding hydrogens is 456 g/mol. The Morgan fingerprint density at radius 2 is 1.66 bits per heavy atom. The molecule has 35 heavy (non-hydrogen) atoms. The molecule has 7 nitrogen and oxygen atoms in total. The number of fused-ring (bicyclic) bond motifs is 1. The van der Waals surface area contributed by atoms with Crippen molar-refractivity contribution in [1.29, 1.82) is 0 Å². The molecule has 2 fully saturated rings. The van der Waals surface area contributed by atoms with Gasteiger partial charge in [0.1, 0.15) is 10.6 Å². The average molecular weight is 485 g/mol. The standard InChI is InChI=1S/C27H28N6OS/c34-23(32-11-4-5-12-32)18-31-13-15-33(16-14-31)26-24-22(20-7-2-1-3-8-20)19-35-27(24)30-25(29-26)21-9-6-10-28-17-21/h1-3,6-10,17,19H,4-5,11-16,18H2. The number of hydrogen-bond acceptors (Lipinski definition) is 7. The quantitative estimate of drug-likeness (QED) is 0.424.